The monoisotopic (exact) mass is 94.1 g/mol. The first-order chi connectivity index (χ1) is 3.29. The Bertz CT molecular complexity index is 122. The molecule has 1 nitrogen and oxygen atoms in total. The second kappa shape index (κ2) is 1.36. The average Bonchev–Trinajstić information content (AvgIpc) is 1.87. The summed E-state index contributed by atoms with van der Waals surface area (Å²) < 4.78 is 0. The van der Waals surface area contributed by atoms with Crippen LogP contribution in [0.1, 0.15) is 6.92 Å². The Kier molecular flexibility index (Phi) is 0.844. The summed E-state index contributed by atoms with van der Waals surface area (Å²) in [7, 11) is 1.97. The van der Waals surface area contributed by atoms with Crippen LogP contribution in [0.2, 0.25) is 0 Å². The molecule has 0 aromatic carbocycles. The fraction of sp³-hybridized carbons (Fsp3) is 0.333. The molecule has 1 heterocycles. The van der Waals surface area contributed by atoms with E-state index < -0.39 is 0 Å². The second-order valence-corrected chi connectivity index (χ2v) is 1.76. The van der Waals surface area contributed by atoms with E-state index in [1.54, 1.807) is 0 Å². The van der Waals surface area contributed by atoms with E-state index in [-0.39, 0.29) is 0 Å². The fourth-order valence-electron chi connectivity index (χ4n) is 0.584. The zero-order valence-electron chi connectivity index (χ0n) is 4.60. The van der Waals surface area contributed by atoms with Crippen LogP contribution in [0.4, 0.5) is 0 Å². The minimum absolute atomic E-state index is 1.27. The van der Waals surface area contributed by atoms with Crippen molar-refractivity contribution in [1.29, 1.82) is 0 Å². The van der Waals surface area contributed by atoms with Gasteiger partial charge in [0.25, 0.3) is 0 Å². The second-order valence-electron chi connectivity index (χ2n) is 1.76. The highest BCUT2D eigenvalue weighted by atomic mass is 15.1. The lowest BCUT2D eigenvalue weighted by Gasteiger charge is -1.84. The molecule has 0 atom stereocenters. The van der Waals surface area contributed by atoms with E-state index in [1.165, 1.54) is 5.57 Å². The number of hydrogen-bond acceptors (Lipinski definition) is 1. The number of rotatable bonds is 0. The molecule has 0 saturated carbocycles. The van der Waals surface area contributed by atoms with Crippen molar-refractivity contribution in [3.05, 3.63) is 24.0 Å². The molecule has 7 heavy (non-hydrogen) atoms. The normalized spacial score (nSPS) is 16.9. The maximum absolute atomic E-state index is 2.98. The van der Waals surface area contributed by atoms with Gasteiger partial charge in [-0.3, -0.25) is 0 Å². The molecular formula is C6H8N+. The molecule has 0 radical (unpaired) electrons. The van der Waals surface area contributed by atoms with E-state index in [2.05, 4.69) is 13.1 Å². The lowest BCUT2D eigenvalue weighted by molar-refractivity contribution is 0.611. The summed E-state index contributed by atoms with van der Waals surface area (Å²) in [5.41, 5.74) is 1.27. The van der Waals surface area contributed by atoms with Gasteiger partial charge in [0.15, 0.2) is 6.20 Å². The van der Waals surface area contributed by atoms with Crippen LogP contribution in [-0.4, -0.2) is 11.9 Å². The summed E-state index contributed by atoms with van der Waals surface area (Å²) in [6, 6.07) is 0. The van der Waals surface area contributed by atoms with E-state index in [4.69, 9.17) is 0 Å². The van der Waals surface area contributed by atoms with Crippen LogP contribution < -0.4 is 0 Å². The molecule has 0 aromatic rings. The molecule has 0 bridgehead atoms. The van der Waals surface area contributed by atoms with E-state index in [1.807, 2.05) is 24.2 Å². The van der Waals surface area contributed by atoms with Crippen LogP contribution in [0.15, 0.2) is 17.8 Å². The van der Waals surface area contributed by atoms with Crippen molar-refractivity contribution in [3.8, 4) is 0 Å². The first-order valence-electron chi connectivity index (χ1n) is 2.30. The molecule has 1 heteroatoms. The van der Waals surface area contributed by atoms with Crippen molar-refractivity contribution in [2.24, 2.45) is 0 Å². The topological polar surface area (TPSA) is 3.24 Å². The summed E-state index contributed by atoms with van der Waals surface area (Å²) in [5.74, 6) is 0. The first-order valence-corrected chi connectivity index (χ1v) is 2.30. The summed E-state index contributed by atoms with van der Waals surface area (Å²) in [5, 5.41) is 0. The van der Waals surface area contributed by atoms with Gasteiger partial charge in [-0.2, -0.15) is 4.90 Å². The molecule has 0 N–H and O–H groups in total. The van der Waals surface area contributed by atoms with Crippen molar-refractivity contribution in [2.75, 3.05) is 7.05 Å². The van der Waals surface area contributed by atoms with E-state index >= 15 is 0 Å². The van der Waals surface area contributed by atoms with Gasteiger partial charge in [-0.1, -0.05) is 0 Å². The van der Waals surface area contributed by atoms with Crippen LogP contribution in [0.3, 0.4) is 0 Å². The standard InChI is InChI=1S/C6H8N/c1-6-3-4-7(2)5-6/h3,5H,1-2H3/q+1. The van der Waals surface area contributed by atoms with Crippen molar-refractivity contribution in [1.82, 2.24) is 4.90 Å². The molecule has 0 amide bonds. The van der Waals surface area contributed by atoms with Crippen molar-refractivity contribution in [2.45, 2.75) is 6.92 Å². The third kappa shape index (κ3) is 0.787. The Morgan fingerprint density at radius 1 is 1.71 bits per heavy atom. The van der Waals surface area contributed by atoms with Crippen LogP contribution in [0.5, 0.6) is 0 Å². The fourth-order valence-corrected chi connectivity index (χ4v) is 0.584. The smallest absolute Gasteiger partial charge is 0.158 e. The van der Waals surface area contributed by atoms with Gasteiger partial charge in [-0.15, -0.1) is 0 Å². The molecule has 0 spiro atoms. The summed E-state index contributed by atoms with van der Waals surface area (Å²) in [6.45, 7) is 2.05. The molecule has 0 unspecified atom stereocenters. The Hall–Kier alpha value is -0.810. The maximum atomic E-state index is 2.98. The first kappa shape index (κ1) is 4.35. The Labute approximate surface area is 43.9 Å². The van der Waals surface area contributed by atoms with Crippen molar-refractivity contribution in [3.63, 3.8) is 0 Å². The van der Waals surface area contributed by atoms with Gasteiger partial charge in [-0.25, -0.2) is 0 Å². The summed E-state index contributed by atoms with van der Waals surface area (Å²) in [4.78, 5) is 1.91. The Balaban J connectivity index is 2.69. The molecule has 1 rings (SSSR count). The molecule has 36 valence electrons. The number of nitrogens with zero attached hydrogens (tertiary/aromatic N) is 1. The van der Waals surface area contributed by atoms with Crippen molar-refractivity contribution < 1.29 is 0 Å². The SMILES string of the molecule is CC1=CN(C)[C+]=C1. The van der Waals surface area contributed by atoms with Gasteiger partial charge in [0.2, 0.25) is 0 Å². The molecule has 0 aromatic heterocycles. The predicted molar refractivity (Wildman–Crippen MR) is 29.3 cm³/mol. The lowest BCUT2D eigenvalue weighted by Crippen LogP contribution is -1.95. The Morgan fingerprint density at radius 2 is 2.43 bits per heavy atom. The average molecular weight is 94.1 g/mol. The third-order valence-electron chi connectivity index (χ3n) is 0.893. The molecule has 1 aliphatic rings. The lowest BCUT2D eigenvalue weighted by atomic mass is 10.4. The highest BCUT2D eigenvalue weighted by Gasteiger charge is 2.06. The quantitative estimate of drug-likeness (QED) is 0.407. The van der Waals surface area contributed by atoms with Gasteiger partial charge < -0.3 is 0 Å². The van der Waals surface area contributed by atoms with E-state index in [9.17, 15) is 0 Å². The molecule has 1 aliphatic heterocycles. The van der Waals surface area contributed by atoms with Gasteiger partial charge in [-0.05, 0) is 0 Å². The Morgan fingerprint density at radius 3 is 2.57 bits per heavy atom. The minimum atomic E-state index is 1.27. The predicted octanol–water partition coefficient (Wildman–Crippen LogP) is 1.15. The van der Waals surface area contributed by atoms with Crippen LogP contribution in [-0.2, 0) is 0 Å². The zero-order valence-corrected chi connectivity index (χ0v) is 4.60. The summed E-state index contributed by atoms with van der Waals surface area (Å²) in [6.07, 6.45) is 6.97. The number of allylic oxidation sites excluding steroid dienone is 2. The largest absolute Gasteiger partial charge is 0.195 e. The van der Waals surface area contributed by atoms with Crippen LogP contribution in [0.25, 0.3) is 0 Å². The van der Waals surface area contributed by atoms with Crippen LogP contribution in [0, 0.1) is 6.20 Å². The van der Waals surface area contributed by atoms with Gasteiger partial charge in [0, 0.05) is 14.0 Å². The van der Waals surface area contributed by atoms with E-state index in [0.29, 0.717) is 0 Å². The molecule has 0 fully saturated rings. The molecular weight excluding hydrogens is 86.1 g/mol. The van der Waals surface area contributed by atoms with Gasteiger partial charge in [0.1, 0.15) is 17.8 Å². The number of hydrogen-bond donors (Lipinski definition) is 0. The van der Waals surface area contributed by atoms with Crippen LogP contribution >= 0.6 is 0 Å². The summed E-state index contributed by atoms with van der Waals surface area (Å²) >= 11 is 0. The van der Waals surface area contributed by atoms with Gasteiger partial charge >= 0.3 is 0 Å². The highest BCUT2D eigenvalue weighted by Crippen LogP contribution is 2.04. The maximum Gasteiger partial charge on any atom is 0.158 e. The van der Waals surface area contributed by atoms with Gasteiger partial charge in [0.05, 0.1) is 0 Å². The zero-order chi connectivity index (χ0) is 5.28. The molecule has 0 aliphatic carbocycles. The molecule has 0 saturated heterocycles. The van der Waals surface area contributed by atoms with Crippen molar-refractivity contribution >= 4 is 0 Å². The van der Waals surface area contributed by atoms with E-state index in [0.717, 1.165) is 0 Å². The highest BCUT2D eigenvalue weighted by molar-refractivity contribution is 5.18. The minimum Gasteiger partial charge on any atom is -0.195 e. The third-order valence-corrected chi connectivity index (χ3v) is 0.893.